The molecule has 1 aromatic carbocycles. The second-order valence-corrected chi connectivity index (χ2v) is 4.90. The summed E-state index contributed by atoms with van der Waals surface area (Å²) in [6.45, 7) is 2.45. The molecule has 0 fully saturated rings. The summed E-state index contributed by atoms with van der Waals surface area (Å²) in [4.78, 5) is 22.6. The molecule has 1 rings (SSSR count). The van der Waals surface area contributed by atoms with Crippen molar-refractivity contribution >= 4 is 24.5 Å². The van der Waals surface area contributed by atoms with E-state index in [4.69, 9.17) is 9.84 Å². The number of hydrogen-bond acceptors (Lipinski definition) is 4. The Morgan fingerprint density at radius 3 is 2.52 bits per heavy atom. The number of aliphatic carboxylic acids is 1. The van der Waals surface area contributed by atoms with E-state index >= 15 is 0 Å². The summed E-state index contributed by atoms with van der Waals surface area (Å²) >= 11 is 3.91. The molecule has 0 radical (unpaired) electrons. The zero-order valence-electron chi connectivity index (χ0n) is 12.0. The van der Waals surface area contributed by atoms with Crippen LogP contribution in [0.5, 0.6) is 0 Å². The standard InChI is InChI=1S/C15H21NO4S/c1-2-20-13(11-6-4-3-5-7-11)8-9-14(17)16-12(10-21)15(18)19/h3-7,12-13,21H,2,8-10H2,1H3,(H,16,17)(H,18,19)/t12-,13?/m0/s1. The summed E-state index contributed by atoms with van der Waals surface area (Å²) in [5, 5.41) is 11.3. The normalized spacial score (nSPS) is 13.4. The Kier molecular flexibility index (Phi) is 7.85. The summed E-state index contributed by atoms with van der Waals surface area (Å²) in [5.74, 6) is -1.32. The lowest BCUT2D eigenvalue weighted by Gasteiger charge is -2.18. The number of carbonyl (C=O) groups excluding carboxylic acids is 1. The summed E-state index contributed by atoms with van der Waals surface area (Å²) in [7, 11) is 0. The third-order valence-electron chi connectivity index (χ3n) is 2.99. The highest BCUT2D eigenvalue weighted by Gasteiger charge is 2.19. The number of carboxylic acid groups (broad SMARTS) is 1. The van der Waals surface area contributed by atoms with Crippen LogP contribution in [0.15, 0.2) is 30.3 Å². The Morgan fingerprint density at radius 2 is 2.00 bits per heavy atom. The van der Waals surface area contributed by atoms with Gasteiger partial charge in [0.1, 0.15) is 6.04 Å². The van der Waals surface area contributed by atoms with E-state index in [-0.39, 0.29) is 24.2 Å². The van der Waals surface area contributed by atoms with Crippen LogP contribution in [0.1, 0.15) is 31.4 Å². The largest absolute Gasteiger partial charge is 0.480 e. The third-order valence-corrected chi connectivity index (χ3v) is 3.35. The number of thiol groups is 1. The Labute approximate surface area is 130 Å². The summed E-state index contributed by atoms with van der Waals surface area (Å²) < 4.78 is 5.65. The number of ether oxygens (including phenoxy) is 1. The highest BCUT2D eigenvalue weighted by atomic mass is 32.1. The van der Waals surface area contributed by atoms with Crippen LogP contribution in [-0.2, 0) is 14.3 Å². The van der Waals surface area contributed by atoms with Crippen LogP contribution in [0.25, 0.3) is 0 Å². The zero-order valence-corrected chi connectivity index (χ0v) is 12.9. The number of carboxylic acids is 1. The van der Waals surface area contributed by atoms with E-state index in [1.54, 1.807) is 0 Å². The van der Waals surface area contributed by atoms with E-state index in [0.29, 0.717) is 13.0 Å². The third kappa shape index (κ3) is 6.18. The first-order chi connectivity index (χ1) is 10.1. The molecule has 0 aliphatic heterocycles. The van der Waals surface area contributed by atoms with Crippen molar-refractivity contribution in [2.45, 2.75) is 31.9 Å². The minimum absolute atomic E-state index is 0.0641. The Morgan fingerprint density at radius 1 is 1.33 bits per heavy atom. The maximum atomic E-state index is 11.8. The number of rotatable bonds is 9. The van der Waals surface area contributed by atoms with Crippen molar-refractivity contribution < 1.29 is 19.4 Å². The highest BCUT2D eigenvalue weighted by molar-refractivity contribution is 7.80. The molecule has 0 aliphatic rings. The van der Waals surface area contributed by atoms with Crippen LogP contribution in [0.2, 0.25) is 0 Å². The van der Waals surface area contributed by atoms with Gasteiger partial charge in [-0.05, 0) is 18.9 Å². The lowest BCUT2D eigenvalue weighted by molar-refractivity contribution is -0.141. The van der Waals surface area contributed by atoms with E-state index < -0.39 is 12.0 Å². The average molecular weight is 311 g/mol. The molecule has 116 valence electrons. The first-order valence-electron chi connectivity index (χ1n) is 6.88. The fraction of sp³-hybridized carbons (Fsp3) is 0.467. The van der Waals surface area contributed by atoms with Crippen LogP contribution in [0.4, 0.5) is 0 Å². The molecule has 0 heterocycles. The van der Waals surface area contributed by atoms with E-state index in [2.05, 4.69) is 17.9 Å². The Balaban J connectivity index is 2.53. The van der Waals surface area contributed by atoms with E-state index in [1.165, 1.54) is 0 Å². The second kappa shape index (κ2) is 9.41. The van der Waals surface area contributed by atoms with Gasteiger partial charge in [0.15, 0.2) is 0 Å². The molecule has 2 atom stereocenters. The number of amides is 1. The lowest BCUT2D eigenvalue weighted by atomic mass is 10.0. The van der Waals surface area contributed by atoms with Gasteiger partial charge in [-0.3, -0.25) is 4.79 Å². The predicted molar refractivity (Wildman–Crippen MR) is 83.5 cm³/mol. The maximum Gasteiger partial charge on any atom is 0.327 e. The van der Waals surface area contributed by atoms with E-state index in [9.17, 15) is 9.59 Å². The minimum Gasteiger partial charge on any atom is -0.480 e. The molecule has 0 bridgehead atoms. The number of nitrogens with one attached hydrogen (secondary N) is 1. The molecular formula is C15H21NO4S. The van der Waals surface area contributed by atoms with Gasteiger partial charge in [0, 0.05) is 18.8 Å². The van der Waals surface area contributed by atoms with Gasteiger partial charge in [-0.2, -0.15) is 12.6 Å². The van der Waals surface area contributed by atoms with Crippen LogP contribution < -0.4 is 5.32 Å². The number of hydrogen-bond donors (Lipinski definition) is 3. The van der Waals surface area contributed by atoms with Gasteiger partial charge in [0.25, 0.3) is 0 Å². The smallest absolute Gasteiger partial charge is 0.327 e. The number of benzene rings is 1. The molecule has 1 unspecified atom stereocenters. The molecule has 0 aromatic heterocycles. The lowest BCUT2D eigenvalue weighted by Crippen LogP contribution is -2.42. The van der Waals surface area contributed by atoms with Gasteiger partial charge in [-0.25, -0.2) is 4.79 Å². The zero-order chi connectivity index (χ0) is 15.7. The summed E-state index contributed by atoms with van der Waals surface area (Å²) in [6, 6.07) is 8.70. The van der Waals surface area contributed by atoms with Crippen molar-refractivity contribution in [3.63, 3.8) is 0 Å². The van der Waals surface area contributed by atoms with Gasteiger partial charge in [0.05, 0.1) is 6.10 Å². The first-order valence-corrected chi connectivity index (χ1v) is 7.51. The molecule has 21 heavy (non-hydrogen) atoms. The molecule has 5 nitrogen and oxygen atoms in total. The predicted octanol–water partition coefficient (Wildman–Crippen LogP) is 2.04. The molecule has 0 saturated carbocycles. The van der Waals surface area contributed by atoms with Crippen LogP contribution in [-0.4, -0.2) is 35.4 Å². The SMILES string of the molecule is CCOC(CCC(=O)N[C@@H](CS)C(=O)O)c1ccccc1. The Bertz CT molecular complexity index is 452. The highest BCUT2D eigenvalue weighted by Crippen LogP contribution is 2.22. The van der Waals surface area contributed by atoms with E-state index in [1.807, 2.05) is 37.3 Å². The van der Waals surface area contributed by atoms with Gasteiger partial charge in [-0.1, -0.05) is 30.3 Å². The van der Waals surface area contributed by atoms with Crippen molar-refractivity contribution in [1.29, 1.82) is 0 Å². The van der Waals surface area contributed by atoms with Gasteiger partial charge < -0.3 is 15.2 Å². The van der Waals surface area contributed by atoms with Gasteiger partial charge in [-0.15, -0.1) is 0 Å². The second-order valence-electron chi connectivity index (χ2n) is 4.53. The average Bonchev–Trinajstić information content (AvgIpc) is 2.49. The quantitative estimate of drug-likeness (QED) is 0.610. The van der Waals surface area contributed by atoms with Crippen molar-refractivity contribution in [1.82, 2.24) is 5.32 Å². The monoisotopic (exact) mass is 311 g/mol. The summed E-state index contributed by atoms with van der Waals surface area (Å²) in [6.07, 6.45) is 0.543. The minimum atomic E-state index is -1.08. The maximum absolute atomic E-state index is 11.8. The molecule has 6 heteroatoms. The van der Waals surface area contributed by atoms with Crippen LogP contribution in [0, 0.1) is 0 Å². The molecule has 1 aromatic rings. The van der Waals surface area contributed by atoms with Crippen LogP contribution >= 0.6 is 12.6 Å². The molecule has 2 N–H and O–H groups in total. The van der Waals surface area contributed by atoms with Gasteiger partial charge in [0.2, 0.25) is 5.91 Å². The fourth-order valence-corrected chi connectivity index (χ4v) is 2.18. The number of carbonyl (C=O) groups is 2. The van der Waals surface area contributed by atoms with Crippen LogP contribution in [0.3, 0.4) is 0 Å². The van der Waals surface area contributed by atoms with Crippen molar-refractivity contribution in [2.75, 3.05) is 12.4 Å². The van der Waals surface area contributed by atoms with Crippen molar-refractivity contribution in [2.24, 2.45) is 0 Å². The topological polar surface area (TPSA) is 75.6 Å². The molecule has 1 amide bonds. The fourth-order valence-electron chi connectivity index (χ4n) is 1.93. The van der Waals surface area contributed by atoms with Gasteiger partial charge >= 0.3 is 5.97 Å². The molecule has 0 saturated heterocycles. The molecule has 0 aliphatic carbocycles. The molecule has 0 spiro atoms. The Hall–Kier alpha value is -1.53. The van der Waals surface area contributed by atoms with E-state index in [0.717, 1.165) is 5.56 Å². The van der Waals surface area contributed by atoms with Crippen molar-refractivity contribution in [3.05, 3.63) is 35.9 Å². The summed E-state index contributed by atoms with van der Waals surface area (Å²) in [5.41, 5.74) is 1.01. The van der Waals surface area contributed by atoms with Crippen molar-refractivity contribution in [3.8, 4) is 0 Å². The first kappa shape index (κ1) is 17.5. The molecular weight excluding hydrogens is 290 g/mol.